The van der Waals surface area contributed by atoms with Crippen LogP contribution in [0.5, 0.6) is 0 Å². The zero-order chi connectivity index (χ0) is 5.72. The Morgan fingerprint density at radius 3 is 1.88 bits per heavy atom. The highest BCUT2D eigenvalue weighted by Crippen LogP contribution is 2.45. The number of cyclic esters (lactones) is 2. The summed E-state index contributed by atoms with van der Waals surface area (Å²) in [6.07, 6.45) is 0.734. The van der Waals surface area contributed by atoms with Gasteiger partial charge in [0.1, 0.15) is 0 Å². The van der Waals surface area contributed by atoms with E-state index in [-0.39, 0.29) is 23.8 Å². The number of hydrogen-bond donors (Lipinski definition) is 0. The van der Waals surface area contributed by atoms with Crippen molar-refractivity contribution in [1.29, 1.82) is 0 Å². The molecule has 8 heavy (non-hydrogen) atoms. The highest BCUT2D eigenvalue weighted by Gasteiger charge is 2.57. The maximum absolute atomic E-state index is 10.4. The van der Waals surface area contributed by atoms with Gasteiger partial charge in [0.2, 0.25) is 0 Å². The summed E-state index contributed by atoms with van der Waals surface area (Å²) in [5, 5.41) is 0. The first-order valence-corrected chi connectivity index (χ1v) is 2.54. The molecule has 0 aromatic heterocycles. The second kappa shape index (κ2) is 0.940. The van der Waals surface area contributed by atoms with Crippen molar-refractivity contribution in [3.05, 3.63) is 0 Å². The highest BCUT2D eigenvalue weighted by molar-refractivity contribution is 6.00. The van der Waals surface area contributed by atoms with Crippen molar-refractivity contribution in [2.24, 2.45) is 11.8 Å². The molecule has 1 aliphatic heterocycles. The van der Waals surface area contributed by atoms with Crippen molar-refractivity contribution in [3.63, 3.8) is 0 Å². The van der Waals surface area contributed by atoms with Crippen molar-refractivity contribution in [3.8, 4) is 0 Å². The Morgan fingerprint density at radius 1 is 1.25 bits per heavy atom. The number of fused-ring (bicyclic) bond motifs is 1. The lowest BCUT2D eigenvalue weighted by molar-refractivity contribution is -0.155. The number of rotatable bonds is 0. The molecule has 0 N–H and O–H groups in total. The molecule has 3 heteroatoms. The Bertz CT molecular complexity index is 155. The van der Waals surface area contributed by atoms with Crippen molar-refractivity contribution < 1.29 is 14.3 Å². The summed E-state index contributed by atoms with van der Waals surface area (Å²) in [6, 6.07) is 0. The maximum atomic E-state index is 10.4. The molecule has 1 saturated carbocycles. The normalized spacial score (nSPS) is 41.5. The van der Waals surface area contributed by atoms with Crippen LogP contribution in [0.2, 0.25) is 0 Å². The molecule has 0 spiro atoms. The monoisotopic (exact) mass is 112 g/mol. The molecule has 1 saturated heterocycles. The van der Waals surface area contributed by atoms with Gasteiger partial charge >= 0.3 is 11.9 Å². The standard InChI is InChI=1S/C5H4O3/c6-4-2-1-3(2)5(7)8-4/h2-3H,1H2/t2-,3?/m1/s1. The molecule has 0 aromatic rings. The predicted molar refractivity (Wildman–Crippen MR) is 22.7 cm³/mol. The lowest BCUT2D eigenvalue weighted by Crippen LogP contribution is -2.03. The quantitative estimate of drug-likeness (QED) is 0.319. The number of carbonyl (C=O) groups is 2. The highest BCUT2D eigenvalue weighted by atomic mass is 16.6. The molecule has 1 heterocycles. The van der Waals surface area contributed by atoms with Gasteiger partial charge in [-0.25, -0.2) is 0 Å². The largest absolute Gasteiger partial charge is 0.393 e. The molecule has 3 nitrogen and oxygen atoms in total. The summed E-state index contributed by atoms with van der Waals surface area (Å²) < 4.78 is 4.25. The molecule has 2 aliphatic rings. The lowest BCUT2D eigenvalue weighted by Gasteiger charge is -1.87. The molecule has 1 unspecified atom stereocenters. The van der Waals surface area contributed by atoms with E-state index in [2.05, 4.69) is 4.74 Å². The van der Waals surface area contributed by atoms with Crippen LogP contribution in [0.4, 0.5) is 0 Å². The Balaban J connectivity index is 2.31. The minimum Gasteiger partial charge on any atom is -0.393 e. The zero-order valence-electron chi connectivity index (χ0n) is 4.09. The van der Waals surface area contributed by atoms with Gasteiger partial charge in [0.05, 0.1) is 11.8 Å². The van der Waals surface area contributed by atoms with E-state index in [9.17, 15) is 9.59 Å². The predicted octanol–water partition coefficient (Wildman–Crippen LogP) is -0.294. The van der Waals surface area contributed by atoms with Gasteiger partial charge in [-0.15, -0.1) is 0 Å². The zero-order valence-corrected chi connectivity index (χ0v) is 4.09. The minimum absolute atomic E-state index is 0.0532. The van der Waals surface area contributed by atoms with Gasteiger partial charge in [0.25, 0.3) is 0 Å². The van der Waals surface area contributed by atoms with Crippen LogP contribution >= 0.6 is 0 Å². The van der Waals surface area contributed by atoms with Crippen LogP contribution in [0.25, 0.3) is 0 Å². The molecule has 0 radical (unpaired) electrons. The molecule has 0 bridgehead atoms. The third kappa shape index (κ3) is 0.300. The topological polar surface area (TPSA) is 43.4 Å². The van der Waals surface area contributed by atoms with E-state index in [0.29, 0.717) is 0 Å². The van der Waals surface area contributed by atoms with Gasteiger partial charge in [-0.1, -0.05) is 0 Å². The second-order valence-electron chi connectivity index (χ2n) is 2.19. The second-order valence-corrected chi connectivity index (χ2v) is 2.19. The summed E-state index contributed by atoms with van der Waals surface area (Å²) in [5.74, 6) is -0.745. The Labute approximate surface area is 45.6 Å². The molecular weight excluding hydrogens is 108 g/mol. The van der Waals surface area contributed by atoms with Crippen LogP contribution in [0.1, 0.15) is 6.42 Å². The van der Waals surface area contributed by atoms with Crippen molar-refractivity contribution in [2.45, 2.75) is 6.42 Å². The number of ether oxygens (including phenoxy) is 1. The minimum atomic E-state index is -0.319. The van der Waals surface area contributed by atoms with E-state index in [1.165, 1.54) is 0 Å². The Morgan fingerprint density at radius 2 is 1.75 bits per heavy atom. The van der Waals surface area contributed by atoms with Gasteiger partial charge in [-0.2, -0.15) is 0 Å². The first kappa shape index (κ1) is 4.06. The summed E-state index contributed by atoms with van der Waals surface area (Å²) in [7, 11) is 0. The van der Waals surface area contributed by atoms with E-state index >= 15 is 0 Å². The first-order chi connectivity index (χ1) is 3.79. The third-order valence-corrected chi connectivity index (χ3v) is 1.60. The van der Waals surface area contributed by atoms with Gasteiger partial charge in [0.15, 0.2) is 0 Å². The van der Waals surface area contributed by atoms with Crippen molar-refractivity contribution >= 4 is 11.9 Å². The van der Waals surface area contributed by atoms with Crippen LogP contribution in [0.3, 0.4) is 0 Å². The average Bonchev–Trinajstić information content (AvgIpc) is 2.35. The Kier molecular flexibility index (Phi) is 0.477. The van der Waals surface area contributed by atoms with Gasteiger partial charge in [-0.3, -0.25) is 9.59 Å². The Hall–Kier alpha value is -0.860. The molecule has 2 atom stereocenters. The smallest absolute Gasteiger partial charge is 0.317 e. The van der Waals surface area contributed by atoms with Crippen LogP contribution < -0.4 is 0 Å². The number of esters is 2. The molecule has 42 valence electrons. The first-order valence-electron chi connectivity index (χ1n) is 2.54. The van der Waals surface area contributed by atoms with E-state index in [4.69, 9.17) is 0 Å². The number of hydrogen-bond acceptors (Lipinski definition) is 3. The van der Waals surface area contributed by atoms with Crippen molar-refractivity contribution in [2.75, 3.05) is 0 Å². The molecule has 0 amide bonds. The maximum Gasteiger partial charge on any atom is 0.317 e. The summed E-state index contributed by atoms with van der Waals surface area (Å²) in [4.78, 5) is 20.8. The summed E-state index contributed by atoms with van der Waals surface area (Å²) >= 11 is 0. The summed E-state index contributed by atoms with van der Waals surface area (Å²) in [6.45, 7) is 0. The molecule has 2 rings (SSSR count). The van der Waals surface area contributed by atoms with Crippen LogP contribution in [0, 0.1) is 11.8 Å². The fraction of sp³-hybridized carbons (Fsp3) is 0.600. The third-order valence-electron chi connectivity index (χ3n) is 1.60. The fourth-order valence-electron chi connectivity index (χ4n) is 0.967. The van der Waals surface area contributed by atoms with Crippen LogP contribution in [-0.2, 0) is 14.3 Å². The van der Waals surface area contributed by atoms with Crippen molar-refractivity contribution in [1.82, 2.24) is 0 Å². The lowest BCUT2D eigenvalue weighted by atomic mass is 10.4. The van der Waals surface area contributed by atoms with E-state index < -0.39 is 0 Å². The summed E-state index contributed by atoms with van der Waals surface area (Å²) in [5.41, 5.74) is 0. The van der Waals surface area contributed by atoms with Crippen LogP contribution in [-0.4, -0.2) is 11.9 Å². The fourth-order valence-corrected chi connectivity index (χ4v) is 0.967. The molecule has 2 fully saturated rings. The number of carbonyl (C=O) groups excluding carboxylic acids is 2. The van der Waals surface area contributed by atoms with E-state index in [1.807, 2.05) is 0 Å². The molecule has 1 aliphatic carbocycles. The molecular formula is C5H4O3. The van der Waals surface area contributed by atoms with Crippen LogP contribution in [0.15, 0.2) is 0 Å². The van der Waals surface area contributed by atoms with Gasteiger partial charge < -0.3 is 4.74 Å². The van der Waals surface area contributed by atoms with Gasteiger partial charge in [-0.05, 0) is 6.42 Å². The van der Waals surface area contributed by atoms with Gasteiger partial charge in [0, 0.05) is 0 Å². The molecule has 0 aromatic carbocycles. The van der Waals surface area contributed by atoms with E-state index in [1.54, 1.807) is 0 Å². The average molecular weight is 112 g/mol. The SMILES string of the molecule is O=C1OC(=O)[C@@H]2CC12. The van der Waals surface area contributed by atoms with E-state index in [0.717, 1.165) is 6.42 Å².